The molecule has 0 fully saturated rings. The minimum Gasteiger partial charge on any atom is -0.452 e. The monoisotopic (exact) mass is 365 g/mol. The summed E-state index contributed by atoms with van der Waals surface area (Å²) in [6.07, 6.45) is 0. The van der Waals surface area contributed by atoms with Crippen molar-refractivity contribution in [3.05, 3.63) is 21.0 Å². The fourth-order valence-corrected chi connectivity index (χ4v) is 2.74. The van der Waals surface area contributed by atoms with Crippen LogP contribution in [0.5, 0.6) is 0 Å². The highest BCUT2D eigenvalue weighted by atomic mass is 79.9. The van der Waals surface area contributed by atoms with Crippen molar-refractivity contribution in [3.63, 3.8) is 0 Å². The van der Waals surface area contributed by atoms with Crippen LogP contribution in [0.4, 0.5) is 0 Å². The van der Waals surface area contributed by atoms with Crippen LogP contribution in [0.3, 0.4) is 0 Å². The molecule has 4 heteroatoms. The molecule has 1 heterocycles. The fourth-order valence-electron chi connectivity index (χ4n) is 2.08. The van der Waals surface area contributed by atoms with Gasteiger partial charge in [0, 0.05) is 0 Å². The molecule has 0 unspecified atom stereocenters. The van der Waals surface area contributed by atoms with Gasteiger partial charge < -0.3 is 9.73 Å². The topological polar surface area (TPSA) is 25.2 Å². The minimum absolute atomic E-state index is 0.705. The summed E-state index contributed by atoms with van der Waals surface area (Å²) in [6.45, 7) is 10.9. The van der Waals surface area contributed by atoms with E-state index in [1.807, 2.05) is 6.07 Å². The first kappa shape index (κ1) is 15.3. The Balaban J connectivity index is 2.41. The summed E-state index contributed by atoms with van der Waals surface area (Å²) in [5.74, 6) is 3.07. The van der Waals surface area contributed by atoms with Crippen molar-refractivity contribution in [1.82, 2.24) is 5.32 Å². The average molecular weight is 367 g/mol. The molecule has 2 nitrogen and oxygen atoms in total. The Hall–Kier alpha value is 0.200. The Morgan fingerprint density at radius 3 is 2.18 bits per heavy atom. The lowest BCUT2D eigenvalue weighted by Crippen LogP contribution is -2.29. The number of hydrogen-bond acceptors (Lipinski definition) is 2. The summed E-state index contributed by atoms with van der Waals surface area (Å²) in [7, 11) is 0. The number of hydrogen-bond donors (Lipinski definition) is 1. The lowest BCUT2D eigenvalue weighted by Gasteiger charge is -2.24. The van der Waals surface area contributed by atoms with E-state index in [1.165, 1.54) is 0 Å². The summed E-state index contributed by atoms with van der Waals surface area (Å²) in [5, 5.41) is 3.47. The average Bonchev–Trinajstić information content (AvgIpc) is 2.52. The van der Waals surface area contributed by atoms with Crippen LogP contribution in [0.2, 0.25) is 0 Å². The van der Waals surface area contributed by atoms with Gasteiger partial charge in [-0.1, -0.05) is 27.7 Å². The zero-order chi connectivity index (χ0) is 13.0. The summed E-state index contributed by atoms with van der Waals surface area (Å²) < 4.78 is 7.26. The maximum Gasteiger partial charge on any atom is 0.183 e. The first-order chi connectivity index (χ1) is 7.91. The van der Waals surface area contributed by atoms with Crippen LogP contribution in [-0.4, -0.2) is 6.54 Å². The zero-order valence-corrected chi connectivity index (χ0v) is 14.1. The van der Waals surface area contributed by atoms with E-state index in [-0.39, 0.29) is 0 Å². The van der Waals surface area contributed by atoms with Gasteiger partial charge in [-0.25, -0.2) is 0 Å². The Kier molecular flexibility index (Phi) is 6.24. The van der Waals surface area contributed by atoms with Crippen molar-refractivity contribution < 1.29 is 4.42 Å². The van der Waals surface area contributed by atoms with Gasteiger partial charge in [0.1, 0.15) is 5.76 Å². The first-order valence-corrected chi connectivity index (χ1v) is 7.64. The van der Waals surface area contributed by atoms with E-state index in [2.05, 4.69) is 64.9 Å². The van der Waals surface area contributed by atoms with Crippen LogP contribution in [0.15, 0.2) is 19.6 Å². The molecule has 0 aromatic carbocycles. The van der Waals surface area contributed by atoms with Gasteiger partial charge in [0.25, 0.3) is 0 Å². The van der Waals surface area contributed by atoms with Crippen molar-refractivity contribution in [2.75, 3.05) is 6.54 Å². The van der Waals surface area contributed by atoms with Crippen molar-refractivity contribution in [2.45, 2.75) is 34.2 Å². The van der Waals surface area contributed by atoms with Gasteiger partial charge in [-0.3, -0.25) is 0 Å². The molecule has 17 heavy (non-hydrogen) atoms. The molecule has 0 aliphatic rings. The fraction of sp³-hybridized carbons (Fsp3) is 0.692. The third-order valence-electron chi connectivity index (χ3n) is 3.09. The standard InChI is InChI=1S/C13H21Br2NO/c1-8(2)11(9(3)4)7-16-6-10-5-12(14)13(15)17-10/h5,8-9,11,16H,6-7H2,1-4H3. The predicted molar refractivity (Wildman–Crippen MR) is 79.0 cm³/mol. The molecule has 0 amide bonds. The van der Waals surface area contributed by atoms with E-state index in [9.17, 15) is 0 Å². The lowest BCUT2D eigenvalue weighted by molar-refractivity contribution is 0.272. The van der Waals surface area contributed by atoms with E-state index < -0.39 is 0 Å². The van der Waals surface area contributed by atoms with Crippen molar-refractivity contribution in [1.29, 1.82) is 0 Å². The highest BCUT2D eigenvalue weighted by molar-refractivity contribution is 9.13. The zero-order valence-electron chi connectivity index (χ0n) is 10.9. The van der Waals surface area contributed by atoms with E-state index in [1.54, 1.807) is 0 Å². The van der Waals surface area contributed by atoms with Crippen molar-refractivity contribution in [3.8, 4) is 0 Å². The van der Waals surface area contributed by atoms with Gasteiger partial charge in [-0.05, 0) is 62.2 Å². The Morgan fingerprint density at radius 1 is 1.18 bits per heavy atom. The highest BCUT2D eigenvalue weighted by Crippen LogP contribution is 2.26. The first-order valence-electron chi connectivity index (χ1n) is 6.06. The van der Waals surface area contributed by atoms with Crippen molar-refractivity contribution >= 4 is 31.9 Å². The van der Waals surface area contributed by atoms with Crippen LogP contribution < -0.4 is 5.32 Å². The lowest BCUT2D eigenvalue weighted by atomic mass is 9.85. The van der Waals surface area contributed by atoms with Crippen LogP contribution in [-0.2, 0) is 6.54 Å². The molecule has 0 spiro atoms. The normalized spacial score (nSPS) is 12.1. The molecule has 0 saturated heterocycles. The molecule has 1 N–H and O–H groups in total. The maximum absolute atomic E-state index is 5.52. The van der Waals surface area contributed by atoms with E-state index in [4.69, 9.17) is 4.42 Å². The molecule has 1 aromatic rings. The molecule has 1 aromatic heterocycles. The summed E-state index contributed by atoms with van der Waals surface area (Å²) >= 11 is 6.76. The highest BCUT2D eigenvalue weighted by Gasteiger charge is 2.17. The van der Waals surface area contributed by atoms with Gasteiger partial charge in [0.05, 0.1) is 11.0 Å². The molecule has 0 aliphatic heterocycles. The summed E-state index contributed by atoms with van der Waals surface area (Å²) in [4.78, 5) is 0. The second-order valence-electron chi connectivity index (χ2n) is 5.12. The van der Waals surface area contributed by atoms with Crippen LogP contribution >= 0.6 is 31.9 Å². The van der Waals surface area contributed by atoms with E-state index in [0.717, 1.165) is 28.0 Å². The van der Waals surface area contributed by atoms with Gasteiger partial charge in [0.2, 0.25) is 0 Å². The Labute approximate surface area is 121 Å². The van der Waals surface area contributed by atoms with Gasteiger partial charge in [0.15, 0.2) is 4.67 Å². The minimum atomic E-state index is 0.705. The second-order valence-corrected chi connectivity index (χ2v) is 6.69. The molecule has 0 atom stereocenters. The van der Waals surface area contributed by atoms with E-state index in [0.29, 0.717) is 17.8 Å². The summed E-state index contributed by atoms with van der Waals surface area (Å²) in [6, 6.07) is 2.00. The molecule has 98 valence electrons. The van der Waals surface area contributed by atoms with E-state index >= 15 is 0 Å². The van der Waals surface area contributed by atoms with Crippen LogP contribution in [0.1, 0.15) is 33.5 Å². The molecule has 0 saturated carbocycles. The van der Waals surface area contributed by atoms with Gasteiger partial charge in [-0.2, -0.15) is 0 Å². The number of rotatable bonds is 6. The Bertz CT molecular complexity index is 320. The summed E-state index contributed by atoms with van der Waals surface area (Å²) in [5.41, 5.74) is 0. The molecular formula is C13H21Br2NO. The maximum atomic E-state index is 5.52. The third kappa shape index (κ3) is 4.76. The molecule has 0 bridgehead atoms. The molecule has 1 rings (SSSR count). The van der Waals surface area contributed by atoms with Crippen LogP contribution in [0.25, 0.3) is 0 Å². The third-order valence-corrected chi connectivity index (χ3v) is 4.80. The van der Waals surface area contributed by atoms with Crippen LogP contribution in [0, 0.1) is 17.8 Å². The van der Waals surface area contributed by atoms with Crippen molar-refractivity contribution in [2.24, 2.45) is 17.8 Å². The molecular weight excluding hydrogens is 346 g/mol. The van der Waals surface area contributed by atoms with Gasteiger partial charge >= 0.3 is 0 Å². The van der Waals surface area contributed by atoms with Gasteiger partial charge in [-0.15, -0.1) is 0 Å². The SMILES string of the molecule is CC(C)C(CNCc1cc(Br)c(Br)o1)C(C)C. The molecule has 0 aliphatic carbocycles. The largest absolute Gasteiger partial charge is 0.452 e. The molecule has 0 radical (unpaired) electrons. The smallest absolute Gasteiger partial charge is 0.183 e. The number of halogens is 2. The number of furan rings is 1. The predicted octanol–water partition coefficient (Wildman–Crippen LogP) is 4.82. The Morgan fingerprint density at radius 2 is 1.76 bits per heavy atom. The number of nitrogens with one attached hydrogen (secondary N) is 1. The quantitative estimate of drug-likeness (QED) is 0.780. The second kappa shape index (κ2) is 6.95.